The van der Waals surface area contributed by atoms with Crippen molar-refractivity contribution in [2.24, 2.45) is 22.4 Å². The molecule has 0 radical (unpaired) electrons. The quantitative estimate of drug-likeness (QED) is 0.0498. The summed E-state index contributed by atoms with van der Waals surface area (Å²) in [5.41, 5.74) is 8.05. The predicted molar refractivity (Wildman–Crippen MR) is 200 cm³/mol. The number of rotatable bonds is 12. The lowest BCUT2D eigenvalue weighted by Gasteiger charge is -2.53. The summed E-state index contributed by atoms with van der Waals surface area (Å²) >= 11 is 0. The molecule has 20 nitrogen and oxygen atoms in total. The molecule has 0 saturated carbocycles. The molecule has 0 aromatic heterocycles. The number of imide groups is 1. The summed E-state index contributed by atoms with van der Waals surface area (Å²) in [6.45, 7) is -0.930. The van der Waals surface area contributed by atoms with Crippen LogP contribution in [-0.4, -0.2) is 134 Å². The van der Waals surface area contributed by atoms with E-state index in [9.17, 15) is 54.9 Å². The maximum atomic E-state index is 14.4. The van der Waals surface area contributed by atoms with Crippen molar-refractivity contribution in [2.45, 2.75) is 56.4 Å². The number of aliphatic hydroxyl groups is 6. The molecule has 6 atom stereocenters. The van der Waals surface area contributed by atoms with E-state index in [1.165, 1.54) is 26.3 Å². The van der Waals surface area contributed by atoms with Crippen molar-refractivity contribution in [3.8, 4) is 17.2 Å². The number of amides is 2. The molecule has 0 spiro atoms. The number of ether oxygens (including phenoxy) is 3. The molecule has 1 aliphatic carbocycles. The van der Waals surface area contributed by atoms with Crippen LogP contribution in [0.25, 0.3) is 0 Å². The molecular weight excluding hydrogens is 764 g/mol. The Hall–Kier alpha value is -5.87. The number of nitrogens with one attached hydrogen (secondary N) is 2. The fourth-order valence-electron chi connectivity index (χ4n) is 7.63. The van der Waals surface area contributed by atoms with E-state index in [-0.39, 0.29) is 52.9 Å². The zero-order chi connectivity index (χ0) is 42.4. The third-order valence-electron chi connectivity index (χ3n) is 10.8. The summed E-state index contributed by atoms with van der Waals surface area (Å²) in [4.78, 5) is 58.4. The number of aryl methyl sites for hydroxylation is 1. The van der Waals surface area contributed by atoms with E-state index in [4.69, 9.17) is 25.7 Å². The molecule has 6 unspecified atom stereocenters. The first-order valence-corrected chi connectivity index (χ1v) is 17.9. The van der Waals surface area contributed by atoms with Crippen LogP contribution in [0, 0.1) is 12.8 Å². The van der Waals surface area contributed by atoms with Crippen LogP contribution < -0.4 is 31.6 Å². The second kappa shape index (κ2) is 15.8. The minimum Gasteiger partial charge on any atom is -0.507 e. The standard InChI is InChI=1S/C38H44N6O14/c1-16-8-19-28(31(50)20(16)12-43-36(40)41-2)32(51)29-23(10-22(56-3)21(14-45)27(29)30(19)49)57-35-33(52)34(53)37(54,38(55,15-46)58-35)11-18(17-6-7-42-24(39)9-17)13-44-25(47)4-5-26(44)48/h4-6,8-10,18,33-35,42,45-46,50,52-55H,7,11-15,39H2,1-3H3,(H3,40,41,43). The van der Waals surface area contributed by atoms with Gasteiger partial charge in [-0.15, -0.1) is 0 Å². The first-order valence-electron chi connectivity index (χ1n) is 17.9. The number of aliphatic hydroxyl groups excluding tert-OH is 4. The number of aliphatic imine (C=N–C) groups is 1. The lowest BCUT2D eigenvalue weighted by Crippen LogP contribution is -2.75. The number of guanidine groups is 1. The molecule has 1 fully saturated rings. The smallest absolute Gasteiger partial charge is 0.253 e. The largest absolute Gasteiger partial charge is 0.507 e. The van der Waals surface area contributed by atoms with Crippen LogP contribution in [-0.2, 0) is 27.5 Å². The third kappa shape index (κ3) is 6.93. The van der Waals surface area contributed by atoms with Crippen LogP contribution in [0.2, 0.25) is 0 Å². The Morgan fingerprint density at radius 2 is 1.76 bits per heavy atom. The number of aromatic hydroxyl groups is 1. The third-order valence-corrected chi connectivity index (χ3v) is 10.8. The first-order chi connectivity index (χ1) is 27.4. The highest BCUT2D eigenvalue weighted by Crippen LogP contribution is 2.47. The Morgan fingerprint density at radius 3 is 2.36 bits per heavy atom. The number of nitrogens with two attached hydrogens (primary N) is 2. The van der Waals surface area contributed by atoms with Gasteiger partial charge in [0.1, 0.15) is 41.7 Å². The normalized spacial score (nSPS) is 26.1. The van der Waals surface area contributed by atoms with Crippen LogP contribution in [0.15, 0.2) is 52.8 Å². The second-order valence-electron chi connectivity index (χ2n) is 14.1. The zero-order valence-electron chi connectivity index (χ0n) is 31.6. The summed E-state index contributed by atoms with van der Waals surface area (Å²) in [5, 5.41) is 85.0. The average molecular weight is 809 g/mol. The number of hydrogen-bond acceptors (Lipinski definition) is 17. The molecule has 2 amide bonds. The van der Waals surface area contributed by atoms with Crippen molar-refractivity contribution in [1.29, 1.82) is 0 Å². The van der Waals surface area contributed by atoms with Crippen molar-refractivity contribution in [1.82, 2.24) is 15.5 Å². The number of carbonyl (C=O) groups excluding carboxylic acids is 4. The fourth-order valence-corrected chi connectivity index (χ4v) is 7.63. The minimum atomic E-state index is -3.16. The molecule has 4 aliphatic rings. The molecule has 2 aromatic carbocycles. The van der Waals surface area contributed by atoms with Crippen molar-refractivity contribution in [3.63, 3.8) is 0 Å². The maximum Gasteiger partial charge on any atom is 0.253 e. The Balaban J connectivity index is 1.39. The second-order valence-corrected chi connectivity index (χ2v) is 14.1. The summed E-state index contributed by atoms with van der Waals surface area (Å²) in [6.07, 6.45) is -2.49. The highest BCUT2D eigenvalue weighted by Gasteiger charge is 2.65. The van der Waals surface area contributed by atoms with Crippen molar-refractivity contribution in [2.75, 3.05) is 33.9 Å². The van der Waals surface area contributed by atoms with Crippen LogP contribution in [0.3, 0.4) is 0 Å². The van der Waals surface area contributed by atoms with E-state index in [1.54, 1.807) is 13.0 Å². The molecule has 13 N–H and O–H groups in total. The van der Waals surface area contributed by atoms with Crippen molar-refractivity contribution >= 4 is 29.3 Å². The molecule has 3 aliphatic heterocycles. The van der Waals surface area contributed by atoms with Crippen molar-refractivity contribution < 1.29 is 69.1 Å². The number of hydrogen-bond donors (Lipinski definition) is 11. The minimum absolute atomic E-state index is 0.0251. The first kappa shape index (κ1) is 41.8. The van der Waals surface area contributed by atoms with E-state index >= 15 is 0 Å². The van der Waals surface area contributed by atoms with Gasteiger partial charge in [0.25, 0.3) is 11.8 Å². The molecule has 58 heavy (non-hydrogen) atoms. The highest BCUT2D eigenvalue weighted by atomic mass is 16.8. The predicted octanol–water partition coefficient (Wildman–Crippen LogP) is -2.86. The summed E-state index contributed by atoms with van der Waals surface area (Å²) < 4.78 is 17.0. The number of fused-ring (bicyclic) bond motifs is 2. The molecule has 310 valence electrons. The molecular formula is C38H44N6O14. The number of ketones is 2. The topological polar surface area (TPSA) is 329 Å². The van der Waals surface area contributed by atoms with Crippen molar-refractivity contribution in [3.05, 3.63) is 86.8 Å². The van der Waals surface area contributed by atoms with Gasteiger partial charge in [0.15, 0.2) is 11.7 Å². The van der Waals surface area contributed by atoms with Gasteiger partial charge in [0.05, 0.1) is 30.7 Å². The number of methoxy groups -OCH3 is 1. The SMILES string of the molecule is CN=C(N)NCc1c(C)cc2c(c1O)C(=O)c1c(OC3OC(O)(CO)C(O)(CC(CN4C(=O)C=CC4=O)C4=CCNC(N)=C4)C(O)C3O)cc(OC)c(CO)c1C2=O. The molecule has 2 aromatic rings. The molecule has 20 heteroatoms. The number of phenols is 1. The number of carbonyl (C=O) groups is 4. The summed E-state index contributed by atoms with van der Waals surface area (Å²) in [5.74, 6) is -8.45. The number of phenolic OH excluding ortho intramolecular Hbond substituents is 1. The van der Waals surface area contributed by atoms with E-state index < -0.39 is 108 Å². The van der Waals surface area contributed by atoms with Gasteiger partial charge >= 0.3 is 0 Å². The van der Waals surface area contributed by atoms with Crippen LogP contribution in [0.1, 0.15) is 55.0 Å². The van der Waals surface area contributed by atoms with Crippen LogP contribution in [0.4, 0.5) is 0 Å². The van der Waals surface area contributed by atoms with Gasteiger partial charge in [-0.25, -0.2) is 0 Å². The van der Waals surface area contributed by atoms with Gasteiger partial charge in [-0.05, 0) is 36.6 Å². The average Bonchev–Trinajstić information content (AvgIpc) is 3.52. The summed E-state index contributed by atoms with van der Waals surface area (Å²) in [7, 11) is 2.63. The van der Waals surface area contributed by atoms with Gasteiger partial charge in [0.2, 0.25) is 17.9 Å². The molecule has 6 rings (SSSR count). The van der Waals surface area contributed by atoms with E-state index in [1.807, 2.05) is 0 Å². The van der Waals surface area contributed by atoms with Crippen LogP contribution >= 0.6 is 0 Å². The van der Waals surface area contributed by atoms with Gasteiger partial charge in [0, 0.05) is 73.1 Å². The Bertz CT molecular complexity index is 2180. The fraction of sp³-hybridized carbons (Fsp3) is 0.395. The maximum absolute atomic E-state index is 14.4. The number of nitrogens with zero attached hydrogens (tertiary/aromatic N) is 2. The number of benzene rings is 2. The lowest BCUT2D eigenvalue weighted by molar-refractivity contribution is -0.420. The van der Waals surface area contributed by atoms with E-state index in [2.05, 4.69) is 15.6 Å². The molecule has 0 bridgehead atoms. The molecule has 3 heterocycles. The van der Waals surface area contributed by atoms with E-state index in [0.717, 1.165) is 23.1 Å². The Kier molecular flexibility index (Phi) is 11.4. The van der Waals surface area contributed by atoms with E-state index in [0.29, 0.717) is 11.1 Å². The monoisotopic (exact) mass is 808 g/mol. The lowest BCUT2D eigenvalue weighted by atomic mass is 9.73. The van der Waals surface area contributed by atoms with Gasteiger partial charge in [-0.3, -0.25) is 29.1 Å². The highest BCUT2D eigenvalue weighted by molar-refractivity contribution is 6.31. The van der Waals surface area contributed by atoms with Crippen LogP contribution in [0.5, 0.6) is 17.2 Å². The summed E-state index contributed by atoms with van der Waals surface area (Å²) in [6, 6.07) is 2.45. The molecule has 1 saturated heterocycles. The zero-order valence-corrected chi connectivity index (χ0v) is 31.6. The Labute approximate surface area is 330 Å². The Morgan fingerprint density at radius 1 is 1.07 bits per heavy atom. The van der Waals surface area contributed by atoms with Gasteiger partial charge in [-0.1, -0.05) is 6.08 Å². The number of dihydropyridines is 1. The van der Waals surface area contributed by atoms with Gasteiger partial charge in [-0.2, -0.15) is 0 Å². The van der Waals surface area contributed by atoms with Gasteiger partial charge < -0.3 is 72.1 Å². The number of allylic oxidation sites excluding steroid dienone is 1.